The third kappa shape index (κ3) is 3.26. The highest BCUT2D eigenvalue weighted by molar-refractivity contribution is 5.85. The highest BCUT2D eigenvalue weighted by Crippen LogP contribution is 2.55. The van der Waals surface area contributed by atoms with E-state index in [1.807, 2.05) is 5.57 Å². The minimum atomic E-state index is 0. The van der Waals surface area contributed by atoms with Gasteiger partial charge in [-0.25, -0.2) is 0 Å². The fourth-order valence-corrected chi connectivity index (χ4v) is 7.28. The first-order valence-electron chi connectivity index (χ1n) is 12.0. The van der Waals surface area contributed by atoms with Crippen LogP contribution in [-0.4, -0.2) is 23.7 Å². The maximum atomic E-state index is 4.69. The molecule has 1 saturated heterocycles. The summed E-state index contributed by atoms with van der Waals surface area (Å²) >= 11 is 0. The predicted octanol–water partition coefficient (Wildman–Crippen LogP) is 6.61. The van der Waals surface area contributed by atoms with E-state index in [1.165, 1.54) is 70.6 Å². The Morgan fingerprint density at radius 2 is 1.90 bits per heavy atom. The smallest absolute Gasteiger partial charge is 0.0585 e. The molecule has 2 fully saturated rings. The molecule has 0 spiro atoms. The van der Waals surface area contributed by atoms with Crippen LogP contribution in [-0.2, 0) is 0 Å². The van der Waals surface area contributed by atoms with Crippen molar-refractivity contribution in [3.63, 3.8) is 0 Å². The number of fused-ring (bicyclic) bond motifs is 5. The van der Waals surface area contributed by atoms with Crippen LogP contribution in [0.25, 0.3) is 0 Å². The van der Waals surface area contributed by atoms with Crippen LogP contribution in [0.4, 0.5) is 0 Å². The average molecular weight is 411 g/mol. The first-order chi connectivity index (χ1) is 13.9. The topological polar surface area (TPSA) is 15.6 Å². The lowest BCUT2D eigenvalue weighted by Gasteiger charge is -2.38. The summed E-state index contributed by atoms with van der Waals surface area (Å²) in [5.41, 5.74) is 6.77. The maximum absolute atomic E-state index is 4.69. The Bertz CT molecular complexity index is 796. The van der Waals surface area contributed by atoms with Gasteiger partial charge in [-0.15, -0.1) is 12.4 Å². The molecule has 0 aromatic rings. The van der Waals surface area contributed by atoms with Crippen LogP contribution in [0.15, 0.2) is 51.8 Å². The largest absolute Gasteiger partial charge is 0.341 e. The van der Waals surface area contributed by atoms with Crippen LogP contribution in [0.5, 0.6) is 0 Å². The molecule has 2 nitrogen and oxygen atoms in total. The van der Waals surface area contributed by atoms with Gasteiger partial charge in [0.25, 0.3) is 0 Å². The normalized spacial score (nSPS) is 35.8. The van der Waals surface area contributed by atoms with Gasteiger partial charge in [0.15, 0.2) is 0 Å². The Balaban J connectivity index is 0.00000181. The summed E-state index contributed by atoms with van der Waals surface area (Å²) in [6, 6.07) is 0.580. The molecule has 0 amide bonds. The van der Waals surface area contributed by atoms with Gasteiger partial charge in [-0.05, 0) is 67.6 Å². The van der Waals surface area contributed by atoms with Crippen LogP contribution in [0, 0.1) is 23.7 Å². The lowest BCUT2D eigenvalue weighted by molar-refractivity contribution is 0.261. The molecule has 3 heteroatoms. The SMILES string of the molecule is C1=CC2=CCC3=C4[C@H](CCC3CC3CCCCC3)[C@H]3CN=CC=C3N4C2CC1.Cl. The van der Waals surface area contributed by atoms with E-state index in [2.05, 4.69) is 40.4 Å². The number of halogens is 1. The fourth-order valence-electron chi connectivity index (χ4n) is 7.28. The van der Waals surface area contributed by atoms with E-state index >= 15 is 0 Å². The molecular weight excluding hydrogens is 376 g/mol. The standard InChI is InChI=1S/C26H34N2.ClH/c1-2-6-18(7-3-1)16-20-11-13-22-23-17-27-15-14-25(23)28-24-9-5-4-8-19(24)10-12-21(20)26(22)28;/h4,8,10,14-15,18,20,22-24H,1-3,5-7,9,11-13,16-17H2;1H/t20?,22-,23-,24?;/m1./s1. The number of rotatable bonds is 2. The Hall–Kier alpha value is -1.28. The van der Waals surface area contributed by atoms with Gasteiger partial charge in [-0.1, -0.05) is 50.3 Å². The van der Waals surface area contributed by atoms with Gasteiger partial charge in [0, 0.05) is 36.0 Å². The summed E-state index contributed by atoms with van der Waals surface area (Å²) < 4.78 is 0. The van der Waals surface area contributed by atoms with Crippen molar-refractivity contribution in [2.75, 3.05) is 6.54 Å². The Morgan fingerprint density at radius 3 is 2.79 bits per heavy atom. The molecule has 0 bridgehead atoms. The molecule has 156 valence electrons. The number of hydrogen-bond donors (Lipinski definition) is 0. The van der Waals surface area contributed by atoms with Gasteiger partial charge in [-0.2, -0.15) is 0 Å². The molecule has 3 aliphatic carbocycles. The van der Waals surface area contributed by atoms with Crippen molar-refractivity contribution in [1.29, 1.82) is 0 Å². The number of allylic oxidation sites excluding steroid dienone is 5. The summed E-state index contributed by atoms with van der Waals surface area (Å²) in [7, 11) is 0. The average Bonchev–Trinajstić information content (AvgIpc) is 2.97. The molecule has 0 aromatic heterocycles. The zero-order valence-electron chi connectivity index (χ0n) is 17.6. The molecular formula is C26H35ClN2. The Kier molecular flexibility index (Phi) is 5.49. The van der Waals surface area contributed by atoms with Crippen molar-refractivity contribution in [2.45, 2.75) is 76.7 Å². The molecule has 4 atom stereocenters. The van der Waals surface area contributed by atoms with Gasteiger partial charge in [0.05, 0.1) is 6.04 Å². The second kappa shape index (κ2) is 8.10. The van der Waals surface area contributed by atoms with Crippen LogP contribution in [0.2, 0.25) is 0 Å². The van der Waals surface area contributed by atoms with Crippen molar-refractivity contribution >= 4 is 18.6 Å². The lowest BCUT2D eigenvalue weighted by atomic mass is 9.71. The fraction of sp³-hybridized carbons (Fsp3) is 0.654. The summed E-state index contributed by atoms with van der Waals surface area (Å²) in [6.45, 7) is 1.01. The van der Waals surface area contributed by atoms with Crippen LogP contribution in [0.3, 0.4) is 0 Å². The van der Waals surface area contributed by atoms with E-state index in [4.69, 9.17) is 0 Å². The zero-order chi connectivity index (χ0) is 18.5. The summed E-state index contributed by atoms with van der Waals surface area (Å²) in [4.78, 5) is 7.52. The van der Waals surface area contributed by atoms with Crippen LogP contribution in [0.1, 0.15) is 70.6 Å². The molecule has 0 radical (unpaired) electrons. The van der Waals surface area contributed by atoms with Gasteiger partial charge < -0.3 is 4.90 Å². The summed E-state index contributed by atoms with van der Waals surface area (Å²) in [5.74, 6) is 3.21. The number of nitrogens with zero attached hydrogens (tertiary/aromatic N) is 2. The van der Waals surface area contributed by atoms with Gasteiger partial charge >= 0.3 is 0 Å². The van der Waals surface area contributed by atoms with Crippen molar-refractivity contribution < 1.29 is 0 Å². The van der Waals surface area contributed by atoms with E-state index in [0.29, 0.717) is 12.0 Å². The van der Waals surface area contributed by atoms with Gasteiger partial charge in [0.2, 0.25) is 0 Å². The molecule has 0 aromatic carbocycles. The quantitative estimate of drug-likeness (QED) is 0.500. The molecule has 3 heterocycles. The number of hydrogen-bond acceptors (Lipinski definition) is 2. The third-order valence-corrected chi connectivity index (χ3v) is 8.57. The van der Waals surface area contributed by atoms with Crippen molar-refractivity contribution in [3.05, 3.63) is 46.8 Å². The van der Waals surface area contributed by atoms with E-state index in [1.54, 1.807) is 17.0 Å². The molecule has 0 N–H and O–H groups in total. The lowest BCUT2D eigenvalue weighted by Crippen LogP contribution is -2.35. The van der Waals surface area contributed by atoms with E-state index in [9.17, 15) is 0 Å². The zero-order valence-corrected chi connectivity index (χ0v) is 18.4. The summed E-state index contributed by atoms with van der Waals surface area (Å²) in [5, 5.41) is 0. The predicted molar refractivity (Wildman–Crippen MR) is 123 cm³/mol. The Labute approximate surface area is 182 Å². The van der Waals surface area contributed by atoms with E-state index < -0.39 is 0 Å². The second-order valence-electron chi connectivity index (χ2n) is 10.0. The van der Waals surface area contributed by atoms with Crippen molar-refractivity contribution in [1.82, 2.24) is 4.90 Å². The molecule has 2 unspecified atom stereocenters. The Morgan fingerprint density at radius 1 is 1.00 bits per heavy atom. The molecule has 1 saturated carbocycles. The van der Waals surface area contributed by atoms with Crippen LogP contribution >= 0.6 is 12.4 Å². The summed E-state index contributed by atoms with van der Waals surface area (Å²) in [6.07, 6.45) is 27.2. The first-order valence-corrected chi connectivity index (χ1v) is 12.0. The highest BCUT2D eigenvalue weighted by Gasteiger charge is 2.49. The highest BCUT2D eigenvalue weighted by atomic mass is 35.5. The number of aliphatic imine (C=N–C) groups is 1. The van der Waals surface area contributed by atoms with Gasteiger partial charge in [-0.3, -0.25) is 4.99 Å². The van der Waals surface area contributed by atoms with E-state index in [-0.39, 0.29) is 12.4 Å². The molecule has 6 rings (SSSR count). The molecule has 29 heavy (non-hydrogen) atoms. The molecule has 3 aliphatic heterocycles. The van der Waals surface area contributed by atoms with E-state index in [0.717, 1.165) is 24.3 Å². The minimum Gasteiger partial charge on any atom is -0.341 e. The second-order valence-corrected chi connectivity index (χ2v) is 10.0. The van der Waals surface area contributed by atoms with Crippen molar-refractivity contribution in [2.24, 2.45) is 28.7 Å². The first kappa shape index (κ1) is 19.7. The third-order valence-electron chi connectivity index (χ3n) is 8.57. The van der Waals surface area contributed by atoms with Crippen LogP contribution < -0.4 is 0 Å². The molecule has 6 aliphatic rings. The maximum Gasteiger partial charge on any atom is 0.0585 e. The monoisotopic (exact) mass is 410 g/mol. The van der Waals surface area contributed by atoms with Gasteiger partial charge in [0.1, 0.15) is 0 Å². The number of dihydropyridines is 1. The minimum absolute atomic E-state index is 0. The van der Waals surface area contributed by atoms with Crippen molar-refractivity contribution in [3.8, 4) is 0 Å².